The van der Waals surface area contributed by atoms with Gasteiger partial charge in [0.05, 0.1) is 0 Å². The van der Waals surface area contributed by atoms with Crippen LogP contribution in [0.4, 0.5) is 0 Å². The van der Waals surface area contributed by atoms with E-state index in [0.29, 0.717) is 0 Å². The minimum atomic E-state index is -4.67. The average Bonchev–Trinajstić information content (AvgIpc) is 1.45. The SMILES string of the molecule is O=S(=O)(O)O.O=S(=O)(O)O.O=[Si](O)O.[MgH2]. The largest absolute Gasteiger partial charge is 0.761 e. The van der Waals surface area contributed by atoms with Crippen LogP contribution in [0.3, 0.4) is 0 Å². The van der Waals surface area contributed by atoms with Gasteiger partial charge in [-0.3, -0.25) is 22.7 Å². The summed E-state index contributed by atoms with van der Waals surface area (Å²) >= 11 is 0. The van der Waals surface area contributed by atoms with Crippen LogP contribution in [0.15, 0.2) is 0 Å². The van der Waals surface area contributed by atoms with Crippen LogP contribution >= 0.6 is 0 Å². The molecule has 0 atom stereocenters. The summed E-state index contributed by atoms with van der Waals surface area (Å²) in [6, 6.07) is 0. The molecule has 0 aromatic rings. The molecule has 0 rings (SSSR count). The van der Waals surface area contributed by atoms with Crippen LogP contribution in [-0.4, -0.2) is 76.9 Å². The predicted molar refractivity (Wildman–Crippen MR) is 47.8 cm³/mol. The summed E-state index contributed by atoms with van der Waals surface area (Å²) in [4.78, 5) is 14.3. The van der Waals surface area contributed by atoms with Gasteiger partial charge >= 0.3 is 53.0 Å². The Hall–Kier alpha value is 0.123. The third-order valence-corrected chi connectivity index (χ3v) is 0. The van der Waals surface area contributed by atoms with E-state index in [1.807, 2.05) is 0 Å². The topological polar surface area (TPSA) is 207 Å². The van der Waals surface area contributed by atoms with Crippen molar-refractivity contribution in [2.45, 2.75) is 0 Å². The van der Waals surface area contributed by atoms with E-state index in [-0.39, 0.29) is 23.1 Å². The molecule has 0 unspecified atom stereocenters. The molecule has 0 heterocycles. The highest BCUT2D eigenvalue weighted by atomic mass is 32.3. The third kappa shape index (κ3) is 137000. The molecule has 15 heteroatoms. The molecular formula is H8MgO11S2Si. The van der Waals surface area contributed by atoms with Crippen LogP contribution in [0.5, 0.6) is 0 Å². The fourth-order valence-corrected chi connectivity index (χ4v) is 0. The summed E-state index contributed by atoms with van der Waals surface area (Å²) in [5.74, 6) is 0. The quantitative estimate of drug-likeness (QED) is 0.188. The van der Waals surface area contributed by atoms with Crippen LogP contribution in [0.2, 0.25) is 0 Å². The lowest BCUT2D eigenvalue weighted by Crippen LogP contribution is -1.90. The lowest BCUT2D eigenvalue weighted by molar-refractivity contribution is 0.329. The second kappa shape index (κ2) is 10.6. The molecule has 92 valence electrons. The van der Waals surface area contributed by atoms with Gasteiger partial charge in [0.1, 0.15) is 0 Å². The highest BCUT2D eigenvalue weighted by Crippen LogP contribution is 1.59. The first-order valence-corrected chi connectivity index (χ1v) is 6.14. The summed E-state index contributed by atoms with van der Waals surface area (Å²) in [7, 11) is -12.5. The van der Waals surface area contributed by atoms with E-state index in [9.17, 15) is 0 Å². The van der Waals surface area contributed by atoms with Crippen molar-refractivity contribution in [2.24, 2.45) is 0 Å². The van der Waals surface area contributed by atoms with Crippen LogP contribution < -0.4 is 0 Å². The minimum Gasteiger partial charge on any atom is -0.511 e. The average molecular weight is 301 g/mol. The molecular weight excluding hydrogens is 293 g/mol. The maximum Gasteiger partial charge on any atom is 0.761 e. The lowest BCUT2D eigenvalue weighted by atomic mass is 15.8. The molecule has 0 radical (unpaired) electrons. The van der Waals surface area contributed by atoms with Crippen molar-refractivity contribution >= 4 is 53.0 Å². The van der Waals surface area contributed by atoms with E-state index in [1.54, 1.807) is 0 Å². The first-order valence-electron chi connectivity index (χ1n) is 2.05. The number of rotatable bonds is 0. The Kier molecular flexibility index (Phi) is 17.3. The lowest BCUT2D eigenvalue weighted by Gasteiger charge is -1.68. The standard InChI is InChI=1S/Mg.2H2O4S.H2O3Si.2H/c;2*1-5(2,3)4;1-4(2)3;;/h;2*(H2,1,2,3,4);1-2H;;. The van der Waals surface area contributed by atoms with Gasteiger partial charge in [-0.25, -0.2) is 0 Å². The zero-order valence-corrected chi connectivity index (χ0v) is 8.67. The molecule has 0 aliphatic rings. The van der Waals surface area contributed by atoms with Crippen molar-refractivity contribution in [3.63, 3.8) is 0 Å². The summed E-state index contributed by atoms with van der Waals surface area (Å²) in [5.41, 5.74) is 0. The van der Waals surface area contributed by atoms with Gasteiger partial charge in [0.15, 0.2) is 0 Å². The molecule has 6 N–H and O–H groups in total. The van der Waals surface area contributed by atoms with Gasteiger partial charge in [-0.05, 0) is 0 Å². The van der Waals surface area contributed by atoms with Gasteiger partial charge in [0.2, 0.25) is 0 Å². The smallest absolute Gasteiger partial charge is 0.511 e. The van der Waals surface area contributed by atoms with Crippen molar-refractivity contribution < 1.29 is 49.1 Å². The second-order valence-corrected chi connectivity index (χ2v) is 3.53. The number of hydrogen-bond acceptors (Lipinski definition) is 5. The molecule has 0 bridgehead atoms. The zero-order chi connectivity index (χ0) is 12.6. The summed E-state index contributed by atoms with van der Waals surface area (Å²) < 4.78 is 71.9. The van der Waals surface area contributed by atoms with Crippen LogP contribution in [0.25, 0.3) is 0 Å². The van der Waals surface area contributed by atoms with Gasteiger partial charge in [0, 0.05) is 0 Å². The van der Waals surface area contributed by atoms with E-state index in [1.165, 1.54) is 0 Å². The molecule has 0 aliphatic heterocycles. The highest BCUT2D eigenvalue weighted by molar-refractivity contribution is 7.80. The molecule has 0 aliphatic carbocycles. The molecule has 0 saturated heterocycles. The maximum absolute atomic E-state index is 8.74. The monoisotopic (exact) mass is 300 g/mol. The van der Waals surface area contributed by atoms with E-state index < -0.39 is 30.0 Å². The fraction of sp³-hybridized carbons (Fsp3) is 0. The predicted octanol–water partition coefficient (Wildman–Crippen LogP) is -3.84. The normalized spacial score (nSPS) is 9.33. The molecule has 0 spiro atoms. The van der Waals surface area contributed by atoms with Crippen LogP contribution in [0.1, 0.15) is 0 Å². The Morgan fingerprint density at radius 3 is 0.733 bits per heavy atom. The van der Waals surface area contributed by atoms with Crippen LogP contribution in [-0.2, 0) is 25.3 Å². The van der Waals surface area contributed by atoms with Crippen molar-refractivity contribution in [1.29, 1.82) is 0 Å². The van der Waals surface area contributed by atoms with E-state index >= 15 is 0 Å². The van der Waals surface area contributed by atoms with Crippen molar-refractivity contribution in [3.05, 3.63) is 0 Å². The summed E-state index contributed by atoms with van der Waals surface area (Å²) in [5, 5.41) is 0. The molecule has 0 amide bonds. The van der Waals surface area contributed by atoms with Crippen molar-refractivity contribution in [2.75, 3.05) is 0 Å². The molecule has 0 aromatic carbocycles. The van der Waals surface area contributed by atoms with Gasteiger partial charge in [0.25, 0.3) is 0 Å². The minimum absolute atomic E-state index is 0. The number of hydrogen-bond donors (Lipinski definition) is 6. The molecule has 11 nitrogen and oxygen atoms in total. The summed E-state index contributed by atoms with van der Waals surface area (Å²) in [6.07, 6.45) is 0. The first kappa shape index (κ1) is 24.4. The maximum atomic E-state index is 8.74. The van der Waals surface area contributed by atoms with E-state index in [0.717, 1.165) is 0 Å². The molecule has 0 fully saturated rings. The second-order valence-electron chi connectivity index (χ2n) is 1.18. The Labute approximate surface area is 102 Å². The Morgan fingerprint density at radius 2 is 0.733 bits per heavy atom. The Morgan fingerprint density at radius 1 is 0.733 bits per heavy atom. The summed E-state index contributed by atoms with van der Waals surface area (Å²) in [6.45, 7) is 0. The van der Waals surface area contributed by atoms with Crippen LogP contribution in [0, 0.1) is 0 Å². The van der Waals surface area contributed by atoms with Crippen molar-refractivity contribution in [3.8, 4) is 0 Å². The van der Waals surface area contributed by atoms with E-state index in [2.05, 4.69) is 0 Å². The molecule has 15 heavy (non-hydrogen) atoms. The molecule has 0 saturated carbocycles. The Balaban J connectivity index is -0.0000000590. The van der Waals surface area contributed by atoms with Gasteiger partial charge < -0.3 is 9.59 Å². The first-order chi connectivity index (χ1) is 5.73. The van der Waals surface area contributed by atoms with Crippen molar-refractivity contribution in [1.82, 2.24) is 0 Å². The third-order valence-electron chi connectivity index (χ3n) is 0. The van der Waals surface area contributed by atoms with Gasteiger partial charge in [-0.15, -0.1) is 0 Å². The van der Waals surface area contributed by atoms with Gasteiger partial charge in [-0.2, -0.15) is 16.8 Å². The molecule has 0 aromatic heterocycles. The fourth-order valence-electron chi connectivity index (χ4n) is 0. The highest BCUT2D eigenvalue weighted by Gasteiger charge is 1.85. The van der Waals surface area contributed by atoms with Gasteiger partial charge in [-0.1, -0.05) is 0 Å². The van der Waals surface area contributed by atoms with E-state index in [4.69, 9.17) is 49.1 Å². The Bertz CT molecular complexity index is 285. The zero-order valence-electron chi connectivity index (χ0n) is 6.04.